The lowest BCUT2D eigenvalue weighted by atomic mass is 10.2. The molecule has 0 saturated heterocycles. The van der Waals surface area contributed by atoms with E-state index >= 15 is 0 Å². The van der Waals surface area contributed by atoms with Crippen molar-refractivity contribution < 1.29 is 15.1 Å². The smallest absolute Gasteiger partial charge is 0.235 e. The van der Waals surface area contributed by atoms with Gasteiger partial charge in [0.2, 0.25) is 11.2 Å². The Morgan fingerprint density at radius 1 is 1.09 bits per heavy atom. The fraction of sp³-hybridized carbons (Fsp3) is 0.0588. The van der Waals surface area contributed by atoms with Crippen LogP contribution in [0.5, 0.6) is 0 Å². The Hall–Kier alpha value is -2.37. The summed E-state index contributed by atoms with van der Waals surface area (Å²) in [6.07, 6.45) is 0. The van der Waals surface area contributed by atoms with Crippen LogP contribution in [0.1, 0.15) is 5.69 Å². The summed E-state index contributed by atoms with van der Waals surface area (Å²) in [5, 5.41) is 0.886. The van der Waals surface area contributed by atoms with E-state index < -0.39 is 0 Å². The number of aromatic amines is 1. The van der Waals surface area contributed by atoms with Gasteiger partial charge >= 0.3 is 0 Å². The molecular weight excluding hydrogens is 297 g/mol. The molecule has 0 amide bonds. The van der Waals surface area contributed by atoms with Gasteiger partial charge in [0.15, 0.2) is 6.54 Å². The number of fused-ring (bicyclic) bond motifs is 2. The number of nitrogens with one attached hydrogen (secondary N) is 1. The summed E-state index contributed by atoms with van der Waals surface area (Å²) >= 11 is 1.68. The van der Waals surface area contributed by atoms with Gasteiger partial charge in [-0.3, -0.25) is 0 Å². The number of hydrogen-bond acceptors (Lipinski definition) is 2. The minimum Gasteiger partial charge on any atom is -0.349 e. The van der Waals surface area contributed by atoms with E-state index in [1.54, 1.807) is 17.4 Å². The van der Waals surface area contributed by atoms with Gasteiger partial charge in [0, 0.05) is 17.5 Å². The maximum atomic E-state index is 12.8. The Morgan fingerprint density at radius 2 is 1.95 bits per heavy atom. The zero-order valence-corrected chi connectivity index (χ0v) is 12.7. The highest BCUT2D eigenvalue weighted by Gasteiger charge is 2.05. The minimum atomic E-state index is -0.205. The summed E-state index contributed by atoms with van der Waals surface area (Å²) in [4.78, 5) is 7.31. The van der Waals surface area contributed by atoms with Gasteiger partial charge in [-0.25, -0.2) is 14.4 Å². The topological polar surface area (TPSA) is 54.7 Å². The number of para-hydroxylation sites is 1. The molecule has 2 aromatic carbocycles. The van der Waals surface area contributed by atoms with Crippen molar-refractivity contribution >= 4 is 32.5 Å². The molecule has 110 valence electrons. The summed E-state index contributed by atoms with van der Waals surface area (Å²) in [5.41, 5.74) is 8.74. The van der Waals surface area contributed by atoms with Crippen molar-refractivity contribution in [1.82, 2.24) is 4.98 Å². The highest BCUT2D eigenvalue weighted by Crippen LogP contribution is 2.15. The van der Waals surface area contributed by atoms with Crippen molar-refractivity contribution in [2.24, 2.45) is 0 Å². The Morgan fingerprint density at radius 3 is 2.77 bits per heavy atom. The molecule has 0 aliphatic rings. The van der Waals surface area contributed by atoms with Crippen LogP contribution in [-0.4, -0.2) is 4.98 Å². The van der Waals surface area contributed by atoms with Crippen molar-refractivity contribution in [3.05, 3.63) is 71.6 Å². The first kappa shape index (κ1) is 14.6. The Balaban J connectivity index is 0.000000139. The third-order valence-corrected chi connectivity index (χ3v) is 4.09. The van der Waals surface area contributed by atoms with Crippen LogP contribution in [0.15, 0.2) is 60.1 Å². The standard InChI is InChI=1S/C10H9FN2.C7H5NS/c11-8-2-4-10-7(5-8)1-3-9(6-12)13-10;1-2-4-7-6(3-1)8-5-9-7/h1-5H,6,12H2;1-5H/p+2. The molecule has 0 unspecified atom stereocenters. The molecule has 3 nitrogen and oxygen atoms in total. The molecule has 0 aliphatic carbocycles. The largest absolute Gasteiger partial charge is 0.349 e. The van der Waals surface area contributed by atoms with E-state index in [0.29, 0.717) is 6.54 Å². The molecule has 0 aliphatic heterocycles. The predicted octanol–water partition coefficient (Wildman–Crippen LogP) is 2.83. The number of pyridine rings is 1. The van der Waals surface area contributed by atoms with E-state index in [1.807, 2.05) is 35.8 Å². The number of quaternary nitrogens is 1. The molecule has 4 rings (SSSR count). The van der Waals surface area contributed by atoms with Gasteiger partial charge in [-0.2, -0.15) is 0 Å². The van der Waals surface area contributed by atoms with Gasteiger partial charge in [-0.1, -0.05) is 12.1 Å². The normalized spacial score (nSPS) is 10.5. The molecule has 0 bridgehead atoms. The number of aromatic nitrogens is 2. The molecule has 0 spiro atoms. The highest BCUT2D eigenvalue weighted by atomic mass is 32.1. The second kappa shape index (κ2) is 6.60. The quantitative estimate of drug-likeness (QED) is 0.577. The third kappa shape index (κ3) is 3.27. The lowest BCUT2D eigenvalue weighted by molar-refractivity contribution is -0.443. The maximum absolute atomic E-state index is 12.8. The summed E-state index contributed by atoms with van der Waals surface area (Å²) in [5.74, 6) is -0.205. The van der Waals surface area contributed by atoms with E-state index in [9.17, 15) is 4.39 Å². The van der Waals surface area contributed by atoms with Gasteiger partial charge in [0.25, 0.3) is 0 Å². The molecule has 4 N–H and O–H groups in total. The summed E-state index contributed by atoms with van der Waals surface area (Å²) in [6.45, 7) is 0.716. The molecule has 2 heterocycles. The number of hydrogen-bond donors (Lipinski definition) is 1. The van der Waals surface area contributed by atoms with Crippen molar-refractivity contribution in [1.29, 1.82) is 0 Å². The number of H-pyrrole nitrogens is 1. The fourth-order valence-corrected chi connectivity index (χ4v) is 2.82. The van der Waals surface area contributed by atoms with Crippen molar-refractivity contribution in [2.75, 3.05) is 0 Å². The van der Waals surface area contributed by atoms with Crippen LogP contribution in [0, 0.1) is 5.82 Å². The van der Waals surface area contributed by atoms with Crippen molar-refractivity contribution in [3.8, 4) is 0 Å². The number of rotatable bonds is 1. The minimum absolute atomic E-state index is 0.205. The van der Waals surface area contributed by atoms with Crippen LogP contribution in [0.4, 0.5) is 4.39 Å². The number of benzene rings is 2. The molecule has 0 saturated carbocycles. The van der Waals surface area contributed by atoms with Crippen LogP contribution in [-0.2, 0) is 6.54 Å². The summed E-state index contributed by atoms with van der Waals surface area (Å²) in [7, 11) is 0. The van der Waals surface area contributed by atoms with Gasteiger partial charge < -0.3 is 5.73 Å². The van der Waals surface area contributed by atoms with E-state index in [2.05, 4.69) is 21.8 Å². The van der Waals surface area contributed by atoms with Crippen LogP contribution in [0.2, 0.25) is 0 Å². The first-order valence-corrected chi connectivity index (χ1v) is 7.82. The molecule has 5 heteroatoms. The average Bonchev–Trinajstić information content (AvgIpc) is 3.03. The van der Waals surface area contributed by atoms with Gasteiger partial charge in [0.05, 0.1) is 15.7 Å². The van der Waals surface area contributed by atoms with Gasteiger partial charge in [-0.05, 0) is 30.3 Å². The molecular formula is C17H16FN3S+2. The van der Waals surface area contributed by atoms with E-state index in [1.165, 1.54) is 16.8 Å². The highest BCUT2D eigenvalue weighted by molar-refractivity contribution is 7.16. The van der Waals surface area contributed by atoms with E-state index in [4.69, 9.17) is 0 Å². The van der Waals surface area contributed by atoms with E-state index in [0.717, 1.165) is 22.1 Å². The molecule has 0 atom stereocenters. The molecule has 0 fully saturated rings. The first-order valence-electron chi connectivity index (χ1n) is 6.94. The van der Waals surface area contributed by atoms with Crippen molar-refractivity contribution in [3.63, 3.8) is 0 Å². The van der Waals surface area contributed by atoms with Crippen LogP contribution < -0.4 is 10.7 Å². The van der Waals surface area contributed by atoms with Gasteiger partial charge in [0.1, 0.15) is 5.82 Å². The zero-order valence-electron chi connectivity index (χ0n) is 11.9. The van der Waals surface area contributed by atoms with Gasteiger partial charge in [-0.15, -0.1) is 11.3 Å². The van der Waals surface area contributed by atoms with E-state index in [-0.39, 0.29) is 5.82 Å². The maximum Gasteiger partial charge on any atom is 0.235 e. The average molecular weight is 313 g/mol. The van der Waals surface area contributed by atoms with Crippen LogP contribution in [0.25, 0.3) is 21.1 Å². The van der Waals surface area contributed by atoms with Crippen LogP contribution >= 0.6 is 11.3 Å². The lowest BCUT2D eigenvalue weighted by Crippen LogP contribution is -2.49. The Bertz CT molecular complexity index is 874. The summed E-state index contributed by atoms with van der Waals surface area (Å²) < 4.78 is 14.1. The number of halogens is 1. The number of thiazole rings is 1. The monoisotopic (exact) mass is 313 g/mol. The lowest BCUT2D eigenvalue weighted by Gasteiger charge is -1.92. The van der Waals surface area contributed by atoms with Crippen LogP contribution in [0.3, 0.4) is 0 Å². The molecule has 0 radical (unpaired) electrons. The third-order valence-electron chi connectivity index (χ3n) is 3.28. The molecule has 22 heavy (non-hydrogen) atoms. The Kier molecular flexibility index (Phi) is 4.37. The summed E-state index contributed by atoms with van der Waals surface area (Å²) in [6, 6.07) is 16.7. The Labute approximate surface area is 131 Å². The SMILES string of the molecule is [NH3+]Cc1ccc2cc(F)ccc2[nH+]1.c1ccc2scnc2c1. The molecule has 2 aromatic heterocycles. The second-order valence-corrected chi connectivity index (χ2v) is 5.67. The first-order chi connectivity index (χ1) is 10.8. The zero-order chi connectivity index (χ0) is 15.4. The predicted molar refractivity (Wildman–Crippen MR) is 86.7 cm³/mol. The molecule has 4 aromatic rings. The second-order valence-electron chi connectivity index (χ2n) is 4.79. The van der Waals surface area contributed by atoms with Crippen molar-refractivity contribution in [2.45, 2.75) is 6.54 Å². The fourth-order valence-electron chi connectivity index (χ4n) is 2.14. The number of nitrogens with zero attached hydrogens (tertiary/aromatic N) is 1.